The van der Waals surface area contributed by atoms with E-state index in [-0.39, 0.29) is 36.4 Å². The fourth-order valence-corrected chi connectivity index (χ4v) is 1.84. The van der Waals surface area contributed by atoms with E-state index in [1.807, 2.05) is 0 Å². The summed E-state index contributed by atoms with van der Waals surface area (Å²) in [5.41, 5.74) is 0. The van der Waals surface area contributed by atoms with Crippen molar-refractivity contribution in [3.63, 3.8) is 0 Å². The molecular formula is C14H17N5O4. The van der Waals surface area contributed by atoms with Gasteiger partial charge in [-0.1, -0.05) is 19.0 Å². The van der Waals surface area contributed by atoms with Crippen LogP contribution in [-0.2, 0) is 16.0 Å². The Labute approximate surface area is 132 Å². The number of amides is 1. The molecule has 0 spiro atoms. The minimum absolute atomic E-state index is 0.0494. The molecule has 1 amide bonds. The third kappa shape index (κ3) is 4.56. The van der Waals surface area contributed by atoms with Gasteiger partial charge in [-0.25, -0.2) is 14.8 Å². The van der Waals surface area contributed by atoms with Crippen LogP contribution in [0.4, 0.5) is 0 Å². The Morgan fingerprint density at radius 3 is 2.57 bits per heavy atom. The maximum absolute atomic E-state index is 11.8. The molecule has 0 fully saturated rings. The van der Waals surface area contributed by atoms with E-state index >= 15 is 0 Å². The molecular weight excluding hydrogens is 302 g/mol. The van der Waals surface area contributed by atoms with Crippen molar-refractivity contribution in [2.75, 3.05) is 0 Å². The monoisotopic (exact) mass is 319 g/mol. The van der Waals surface area contributed by atoms with E-state index in [9.17, 15) is 9.59 Å². The van der Waals surface area contributed by atoms with Crippen LogP contribution in [0.3, 0.4) is 0 Å². The summed E-state index contributed by atoms with van der Waals surface area (Å²) >= 11 is 0. The number of aliphatic carboxylic acids is 1. The second-order valence-electron chi connectivity index (χ2n) is 5.21. The Morgan fingerprint density at radius 2 is 1.96 bits per heavy atom. The Kier molecular flexibility index (Phi) is 5.34. The van der Waals surface area contributed by atoms with Gasteiger partial charge in [0.1, 0.15) is 6.04 Å². The lowest BCUT2D eigenvalue weighted by molar-refractivity contribution is -0.143. The average Bonchev–Trinajstić information content (AvgIpc) is 3.00. The van der Waals surface area contributed by atoms with Crippen molar-refractivity contribution < 1.29 is 19.2 Å². The molecule has 0 saturated carbocycles. The second-order valence-corrected chi connectivity index (χ2v) is 5.21. The predicted molar refractivity (Wildman–Crippen MR) is 78.0 cm³/mol. The number of carbonyl (C=O) groups is 2. The minimum atomic E-state index is -1.06. The highest BCUT2D eigenvalue weighted by Crippen LogP contribution is 2.10. The Hall–Kier alpha value is -2.84. The Bertz CT molecular complexity index is 671. The van der Waals surface area contributed by atoms with E-state index in [4.69, 9.17) is 9.63 Å². The van der Waals surface area contributed by atoms with E-state index < -0.39 is 12.0 Å². The largest absolute Gasteiger partial charge is 0.480 e. The highest BCUT2D eigenvalue weighted by atomic mass is 16.5. The number of nitrogens with zero attached hydrogens (tertiary/aromatic N) is 4. The van der Waals surface area contributed by atoms with Crippen molar-refractivity contribution in [1.29, 1.82) is 0 Å². The second kappa shape index (κ2) is 7.43. The Balaban J connectivity index is 1.90. The molecule has 0 aliphatic carbocycles. The first-order valence-corrected chi connectivity index (χ1v) is 7.09. The first-order chi connectivity index (χ1) is 11.0. The molecule has 0 aromatic carbocycles. The summed E-state index contributed by atoms with van der Waals surface area (Å²) in [6, 6.07) is 0.751. The molecule has 1 atom stereocenters. The van der Waals surface area contributed by atoms with E-state index in [1.165, 1.54) is 0 Å². The number of nitrogens with one attached hydrogen (secondary N) is 1. The molecule has 0 bridgehead atoms. The van der Waals surface area contributed by atoms with Gasteiger partial charge in [-0.15, -0.1) is 0 Å². The quantitative estimate of drug-likeness (QED) is 0.761. The molecule has 9 heteroatoms. The fraction of sp³-hybridized carbons (Fsp3) is 0.429. The zero-order chi connectivity index (χ0) is 16.8. The number of hydrogen-bond acceptors (Lipinski definition) is 7. The van der Waals surface area contributed by atoms with E-state index in [0.29, 0.717) is 5.82 Å². The molecule has 2 heterocycles. The Morgan fingerprint density at radius 1 is 1.26 bits per heavy atom. The molecule has 2 aromatic rings. The van der Waals surface area contributed by atoms with Crippen molar-refractivity contribution >= 4 is 11.9 Å². The van der Waals surface area contributed by atoms with Crippen LogP contribution < -0.4 is 5.32 Å². The van der Waals surface area contributed by atoms with Crippen molar-refractivity contribution in [2.45, 2.75) is 32.7 Å². The predicted octanol–water partition coefficient (Wildman–Crippen LogP) is 0.685. The van der Waals surface area contributed by atoms with Crippen molar-refractivity contribution in [2.24, 2.45) is 5.92 Å². The third-order valence-corrected chi connectivity index (χ3v) is 3.05. The highest BCUT2D eigenvalue weighted by Gasteiger charge is 2.23. The number of hydrogen-bond donors (Lipinski definition) is 2. The number of carboxylic acids is 1. The number of aryl methyl sites for hydroxylation is 1. The van der Waals surface area contributed by atoms with Crippen LogP contribution in [0.1, 0.15) is 26.2 Å². The summed E-state index contributed by atoms with van der Waals surface area (Å²) in [5.74, 6) is -0.818. The van der Waals surface area contributed by atoms with Crippen LogP contribution in [0, 0.1) is 5.92 Å². The molecule has 0 radical (unpaired) electrons. The van der Waals surface area contributed by atoms with Gasteiger partial charge in [0.05, 0.1) is 0 Å². The van der Waals surface area contributed by atoms with Gasteiger partial charge in [-0.2, -0.15) is 4.98 Å². The first-order valence-electron chi connectivity index (χ1n) is 7.09. The maximum Gasteiger partial charge on any atom is 0.326 e. The number of rotatable bonds is 7. The molecule has 0 saturated heterocycles. The van der Waals surface area contributed by atoms with E-state index in [0.717, 1.165) is 0 Å². The van der Waals surface area contributed by atoms with Gasteiger partial charge in [-0.3, -0.25) is 4.79 Å². The lowest BCUT2D eigenvalue weighted by Gasteiger charge is -2.17. The molecule has 2 N–H and O–H groups in total. The summed E-state index contributed by atoms with van der Waals surface area (Å²) in [6.07, 6.45) is 3.37. The van der Waals surface area contributed by atoms with Crippen LogP contribution in [0.2, 0.25) is 0 Å². The van der Waals surface area contributed by atoms with Gasteiger partial charge in [-0.05, 0) is 12.0 Å². The standard InChI is InChI=1S/C14H17N5O4/c1-8(2)11(14(21)22)17-9(20)4-5-10-18-13(19-23-10)12-15-6-3-7-16-12/h3,6-8,11H,4-5H2,1-2H3,(H,17,20)(H,21,22). The van der Waals surface area contributed by atoms with Crippen LogP contribution in [0.15, 0.2) is 23.0 Å². The number of carboxylic acid groups (broad SMARTS) is 1. The summed E-state index contributed by atoms with van der Waals surface area (Å²) in [7, 11) is 0. The van der Waals surface area contributed by atoms with Gasteiger partial charge in [0.15, 0.2) is 0 Å². The molecule has 2 rings (SSSR count). The van der Waals surface area contributed by atoms with Crippen molar-refractivity contribution in [3.05, 3.63) is 24.4 Å². The summed E-state index contributed by atoms with van der Waals surface area (Å²) < 4.78 is 5.03. The summed E-state index contributed by atoms with van der Waals surface area (Å²) in [5, 5.41) is 15.3. The van der Waals surface area contributed by atoms with Crippen LogP contribution in [0.5, 0.6) is 0 Å². The van der Waals surface area contributed by atoms with Crippen molar-refractivity contribution in [3.8, 4) is 11.6 Å². The highest BCUT2D eigenvalue weighted by molar-refractivity contribution is 5.83. The summed E-state index contributed by atoms with van der Waals surface area (Å²) in [4.78, 5) is 35.0. The smallest absolute Gasteiger partial charge is 0.326 e. The van der Waals surface area contributed by atoms with Gasteiger partial charge >= 0.3 is 5.97 Å². The van der Waals surface area contributed by atoms with Gasteiger partial charge < -0.3 is 14.9 Å². The third-order valence-electron chi connectivity index (χ3n) is 3.05. The lowest BCUT2D eigenvalue weighted by atomic mass is 10.0. The van der Waals surface area contributed by atoms with Crippen molar-refractivity contribution in [1.82, 2.24) is 25.4 Å². The molecule has 122 valence electrons. The SMILES string of the molecule is CC(C)C(NC(=O)CCc1nc(-c2ncccn2)no1)C(=O)O. The number of aromatic nitrogens is 4. The molecule has 23 heavy (non-hydrogen) atoms. The van der Waals surface area contributed by atoms with Gasteiger partial charge in [0.25, 0.3) is 0 Å². The van der Waals surface area contributed by atoms with Crippen LogP contribution >= 0.6 is 0 Å². The average molecular weight is 319 g/mol. The molecule has 2 aromatic heterocycles. The minimum Gasteiger partial charge on any atom is -0.480 e. The zero-order valence-corrected chi connectivity index (χ0v) is 12.8. The van der Waals surface area contributed by atoms with E-state index in [2.05, 4.69) is 25.4 Å². The fourth-order valence-electron chi connectivity index (χ4n) is 1.84. The normalized spacial score (nSPS) is 12.1. The van der Waals surface area contributed by atoms with Crippen LogP contribution in [0.25, 0.3) is 11.6 Å². The summed E-state index contributed by atoms with van der Waals surface area (Å²) in [6.45, 7) is 3.45. The van der Waals surface area contributed by atoms with Gasteiger partial charge in [0.2, 0.25) is 23.4 Å². The molecule has 1 unspecified atom stereocenters. The molecule has 9 nitrogen and oxygen atoms in total. The first kappa shape index (κ1) is 16.5. The zero-order valence-electron chi connectivity index (χ0n) is 12.8. The van der Waals surface area contributed by atoms with Crippen LogP contribution in [-0.4, -0.2) is 43.1 Å². The topological polar surface area (TPSA) is 131 Å². The maximum atomic E-state index is 11.8. The lowest BCUT2D eigenvalue weighted by Crippen LogP contribution is -2.44. The van der Waals surface area contributed by atoms with Gasteiger partial charge in [0, 0.05) is 25.2 Å². The molecule has 0 aliphatic heterocycles. The molecule has 0 aliphatic rings. The number of carbonyl (C=O) groups excluding carboxylic acids is 1. The van der Waals surface area contributed by atoms with E-state index in [1.54, 1.807) is 32.3 Å².